The summed E-state index contributed by atoms with van der Waals surface area (Å²) in [5.41, 5.74) is 4.00. The molecule has 6 heteroatoms. The van der Waals surface area contributed by atoms with Crippen molar-refractivity contribution in [2.45, 2.75) is 13.3 Å². The number of benzene rings is 1. The third-order valence-corrected chi connectivity index (χ3v) is 3.10. The highest BCUT2D eigenvalue weighted by molar-refractivity contribution is 5.86. The summed E-state index contributed by atoms with van der Waals surface area (Å²) in [5, 5.41) is 2.56. The monoisotopic (exact) mass is 284 g/mol. The molecule has 0 bridgehead atoms. The standard InChI is InChI=1S/C15H16N4O2/c1-2-21-15(20)19-14-17-12-6-5-10(9-13(12)18-14)8-11-4-3-7-16-11/h3-7,9,16H,2,8H2,1H3,(H2,17,18,19,20). The lowest BCUT2D eigenvalue weighted by atomic mass is 10.1. The van der Waals surface area contributed by atoms with Crippen LogP contribution in [0.2, 0.25) is 0 Å². The number of ether oxygens (including phenoxy) is 1. The summed E-state index contributed by atoms with van der Waals surface area (Å²) >= 11 is 0. The van der Waals surface area contributed by atoms with Crippen LogP contribution in [-0.4, -0.2) is 27.7 Å². The van der Waals surface area contributed by atoms with Gasteiger partial charge in [0, 0.05) is 18.3 Å². The molecular formula is C15H16N4O2. The highest BCUT2D eigenvalue weighted by Gasteiger charge is 2.08. The van der Waals surface area contributed by atoms with E-state index in [2.05, 4.69) is 20.3 Å². The number of aromatic nitrogens is 3. The van der Waals surface area contributed by atoms with Gasteiger partial charge in [0.2, 0.25) is 5.95 Å². The van der Waals surface area contributed by atoms with Gasteiger partial charge in [0.05, 0.1) is 17.6 Å². The van der Waals surface area contributed by atoms with E-state index in [9.17, 15) is 4.79 Å². The number of H-pyrrole nitrogens is 2. The number of nitrogens with zero attached hydrogens (tertiary/aromatic N) is 1. The molecule has 0 aliphatic heterocycles. The van der Waals surface area contributed by atoms with E-state index >= 15 is 0 Å². The van der Waals surface area contributed by atoms with Gasteiger partial charge in [-0.25, -0.2) is 9.78 Å². The van der Waals surface area contributed by atoms with Crippen molar-refractivity contribution in [2.24, 2.45) is 0 Å². The number of amides is 1. The molecule has 0 saturated heterocycles. The lowest BCUT2D eigenvalue weighted by Crippen LogP contribution is -2.14. The topological polar surface area (TPSA) is 82.8 Å². The van der Waals surface area contributed by atoms with Gasteiger partial charge in [-0.2, -0.15) is 0 Å². The van der Waals surface area contributed by atoms with Crippen LogP contribution in [0.1, 0.15) is 18.2 Å². The minimum Gasteiger partial charge on any atom is -0.450 e. The average molecular weight is 284 g/mol. The molecule has 3 N–H and O–H groups in total. The van der Waals surface area contributed by atoms with Crippen LogP contribution in [-0.2, 0) is 11.2 Å². The molecule has 108 valence electrons. The summed E-state index contributed by atoms with van der Waals surface area (Å²) in [6.07, 6.45) is 2.22. The zero-order chi connectivity index (χ0) is 14.7. The van der Waals surface area contributed by atoms with Crippen molar-refractivity contribution in [3.05, 3.63) is 47.8 Å². The summed E-state index contributed by atoms with van der Waals surface area (Å²) in [4.78, 5) is 21.9. The van der Waals surface area contributed by atoms with Gasteiger partial charge in [-0.3, -0.25) is 5.32 Å². The van der Waals surface area contributed by atoms with Crippen LogP contribution in [0.3, 0.4) is 0 Å². The van der Waals surface area contributed by atoms with Crippen LogP contribution in [0.4, 0.5) is 10.7 Å². The van der Waals surface area contributed by atoms with Crippen molar-refractivity contribution in [3.63, 3.8) is 0 Å². The smallest absolute Gasteiger partial charge is 0.413 e. The fourth-order valence-electron chi connectivity index (χ4n) is 2.19. The minimum absolute atomic E-state index is 0.326. The Labute approximate surface area is 121 Å². The van der Waals surface area contributed by atoms with E-state index in [0.717, 1.165) is 28.7 Å². The van der Waals surface area contributed by atoms with Gasteiger partial charge in [0.1, 0.15) is 0 Å². The Kier molecular flexibility index (Phi) is 3.59. The molecule has 0 spiro atoms. The van der Waals surface area contributed by atoms with Gasteiger partial charge in [-0.15, -0.1) is 0 Å². The van der Waals surface area contributed by atoms with Gasteiger partial charge in [0.25, 0.3) is 0 Å². The van der Waals surface area contributed by atoms with Crippen molar-refractivity contribution in [1.29, 1.82) is 0 Å². The van der Waals surface area contributed by atoms with Crippen LogP contribution in [0, 0.1) is 0 Å². The van der Waals surface area contributed by atoms with Crippen molar-refractivity contribution in [3.8, 4) is 0 Å². The van der Waals surface area contributed by atoms with Gasteiger partial charge in [-0.1, -0.05) is 6.07 Å². The maximum Gasteiger partial charge on any atom is 0.413 e. The molecule has 0 unspecified atom stereocenters. The Balaban J connectivity index is 1.80. The summed E-state index contributed by atoms with van der Waals surface area (Å²) in [5.74, 6) is 0.389. The number of anilines is 1. The van der Waals surface area contributed by atoms with Crippen molar-refractivity contribution in [2.75, 3.05) is 11.9 Å². The van der Waals surface area contributed by atoms with Crippen LogP contribution >= 0.6 is 0 Å². The number of carbonyl (C=O) groups is 1. The second-order valence-corrected chi connectivity index (χ2v) is 4.65. The number of rotatable bonds is 4. The molecule has 2 aromatic heterocycles. The maximum atomic E-state index is 11.4. The van der Waals surface area contributed by atoms with Gasteiger partial charge in [-0.05, 0) is 36.8 Å². The lowest BCUT2D eigenvalue weighted by Gasteiger charge is -2.00. The Hall–Kier alpha value is -2.76. The summed E-state index contributed by atoms with van der Waals surface area (Å²) in [6.45, 7) is 2.08. The lowest BCUT2D eigenvalue weighted by molar-refractivity contribution is 0.167. The van der Waals surface area contributed by atoms with Crippen molar-refractivity contribution < 1.29 is 9.53 Å². The van der Waals surface area contributed by atoms with Gasteiger partial charge >= 0.3 is 6.09 Å². The number of imidazole rings is 1. The molecule has 1 aromatic carbocycles. The van der Waals surface area contributed by atoms with Crippen molar-refractivity contribution >= 4 is 23.1 Å². The Morgan fingerprint density at radius 3 is 3.05 bits per heavy atom. The average Bonchev–Trinajstić information content (AvgIpc) is 3.07. The number of hydrogen-bond acceptors (Lipinski definition) is 3. The minimum atomic E-state index is -0.511. The Bertz CT molecular complexity index is 746. The zero-order valence-electron chi connectivity index (χ0n) is 11.6. The highest BCUT2D eigenvalue weighted by atomic mass is 16.5. The van der Waals surface area contributed by atoms with Crippen LogP contribution < -0.4 is 5.32 Å². The first-order chi connectivity index (χ1) is 10.2. The molecule has 0 fully saturated rings. The van der Waals surface area contributed by atoms with Gasteiger partial charge in [0.15, 0.2) is 0 Å². The first-order valence-electron chi connectivity index (χ1n) is 6.79. The van der Waals surface area contributed by atoms with Crippen molar-refractivity contribution in [1.82, 2.24) is 15.0 Å². The number of hydrogen-bond donors (Lipinski definition) is 3. The number of fused-ring (bicyclic) bond motifs is 1. The first-order valence-corrected chi connectivity index (χ1v) is 6.79. The SMILES string of the molecule is CCOC(=O)Nc1nc2ccc(Cc3ccc[nH]3)cc2[nH]1. The van der Waals surface area contributed by atoms with E-state index in [0.29, 0.717) is 12.6 Å². The summed E-state index contributed by atoms with van der Waals surface area (Å²) < 4.78 is 4.82. The molecule has 2 heterocycles. The van der Waals surface area contributed by atoms with Crippen LogP contribution in [0.5, 0.6) is 0 Å². The molecule has 0 aliphatic rings. The largest absolute Gasteiger partial charge is 0.450 e. The first kappa shape index (κ1) is 13.2. The maximum absolute atomic E-state index is 11.4. The predicted molar refractivity (Wildman–Crippen MR) is 80.3 cm³/mol. The normalized spacial score (nSPS) is 10.7. The van der Waals surface area contributed by atoms with E-state index in [1.807, 2.05) is 36.5 Å². The summed E-state index contributed by atoms with van der Waals surface area (Å²) in [6, 6.07) is 10.0. The Morgan fingerprint density at radius 1 is 1.38 bits per heavy atom. The zero-order valence-corrected chi connectivity index (χ0v) is 11.6. The third-order valence-electron chi connectivity index (χ3n) is 3.10. The van der Waals surface area contributed by atoms with E-state index in [1.165, 1.54) is 0 Å². The molecule has 3 aromatic rings. The number of aromatic amines is 2. The predicted octanol–water partition coefficient (Wildman–Crippen LogP) is 3.05. The van der Waals surface area contributed by atoms with E-state index in [4.69, 9.17) is 4.74 Å². The van der Waals surface area contributed by atoms with E-state index < -0.39 is 6.09 Å². The molecular weight excluding hydrogens is 268 g/mol. The molecule has 0 aliphatic carbocycles. The molecule has 1 amide bonds. The third kappa shape index (κ3) is 3.05. The molecule has 3 rings (SSSR count). The van der Waals surface area contributed by atoms with E-state index in [-0.39, 0.29) is 0 Å². The Morgan fingerprint density at radius 2 is 2.29 bits per heavy atom. The summed E-state index contributed by atoms with van der Waals surface area (Å²) in [7, 11) is 0. The highest BCUT2D eigenvalue weighted by Crippen LogP contribution is 2.18. The number of nitrogens with one attached hydrogen (secondary N) is 3. The van der Waals surface area contributed by atoms with Crippen LogP contribution in [0.15, 0.2) is 36.5 Å². The fraction of sp³-hybridized carbons (Fsp3) is 0.200. The molecule has 0 saturated carbocycles. The second-order valence-electron chi connectivity index (χ2n) is 4.65. The van der Waals surface area contributed by atoms with Crippen LogP contribution in [0.25, 0.3) is 11.0 Å². The van der Waals surface area contributed by atoms with Gasteiger partial charge < -0.3 is 14.7 Å². The molecule has 0 atom stereocenters. The fourth-order valence-corrected chi connectivity index (χ4v) is 2.19. The molecule has 6 nitrogen and oxygen atoms in total. The number of carbonyl (C=O) groups excluding carboxylic acids is 1. The molecule has 21 heavy (non-hydrogen) atoms. The second kappa shape index (κ2) is 5.70. The molecule has 0 radical (unpaired) electrons. The van der Waals surface area contributed by atoms with E-state index in [1.54, 1.807) is 6.92 Å². The quantitative estimate of drug-likeness (QED) is 0.688.